The van der Waals surface area contributed by atoms with Gasteiger partial charge in [0.15, 0.2) is 6.10 Å². The third-order valence-electron chi connectivity index (χ3n) is 9.48. The van der Waals surface area contributed by atoms with Crippen LogP contribution in [0.1, 0.15) is 219 Å². The Kier molecular flexibility index (Phi) is 38.0. The van der Waals surface area contributed by atoms with Gasteiger partial charge in [0.1, 0.15) is 6.61 Å². The molecule has 9 nitrogen and oxygen atoms in total. The Morgan fingerprint density at radius 3 is 1.20 bits per heavy atom. The van der Waals surface area contributed by atoms with Gasteiger partial charge >= 0.3 is 11.9 Å². The second-order valence-corrected chi connectivity index (χ2v) is 16.0. The minimum Gasteiger partial charge on any atom is -0.756 e. The maximum atomic E-state index is 12.5. The van der Waals surface area contributed by atoms with Crippen molar-refractivity contribution in [1.82, 2.24) is 0 Å². The van der Waals surface area contributed by atoms with Crippen LogP contribution in [-0.2, 0) is 32.7 Å². The van der Waals surface area contributed by atoms with Gasteiger partial charge in [-0.2, -0.15) is 0 Å². The second kappa shape index (κ2) is 38.7. The van der Waals surface area contributed by atoms with Crippen LogP contribution < -0.4 is 10.6 Å². The van der Waals surface area contributed by atoms with E-state index in [9.17, 15) is 19.0 Å². The molecule has 0 aliphatic carbocycles. The molecule has 0 aromatic heterocycles. The van der Waals surface area contributed by atoms with Crippen LogP contribution in [0.5, 0.6) is 0 Å². The number of unbranched alkanes of at least 4 members (excludes halogenated alkanes) is 28. The molecule has 0 saturated carbocycles. The van der Waals surface area contributed by atoms with Crippen LogP contribution in [0, 0.1) is 0 Å². The fourth-order valence-electron chi connectivity index (χ4n) is 6.28. The Balaban J connectivity index is 4.11. The first kappa shape index (κ1) is 50.0. The van der Waals surface area contributed by atoms with E-state index < -0.39 is 32.5 Å². The van der Waals surface area contributed by atoms with E-state index in [-0.39, 0.29) is 32.6 Å². The van der Waals surface area contributed by atoms with E-state index in [4.69, 9.17) is 19.7 Å². The Labute approximate surface area is 314 Å². The fourth-order valence-corrected chi connectivity index (χ4v) is 7.03. The maximum absolute atomic E-state index is 12.5. The Bertz CT molecular complexity index is 815. The zero-order valence-corrected chi connectivity index (χ0v) is 34.2. The molecule has 2 N–H and O–H groups in total. The van der Waals surface area contributed by atoms with E-state index in [1.807, 2.05) is 0 Å². The Hall–Kier alpha value is -0.990. The lowest BCUT2D eigenvalue weighted by Gasteiger charge is -2.25. The second-order valence-electron chi connectivity index (χ2n) is 14.6. The number of rotatable bonds is 41. The van der Waals surface area contributed by atoms with Gasteiger partial charge in [-0.3, -0.25) is 14.2 Å². The number of ether oxygens (including phenoxy) is 2. The van der Waals surface area contributed by atoms with Crippen molar-refractivity contribution in [3.63, 3.8) is 0 Å². The third-order valence-corrected chi connectivity index (χ3v) is 10.4. The van der Waals surface area contributed by atoms with Crippen molar-refractivity contribution in [2.45, 2.75) is 225 Å². The van der Waals surface area contributed by atoms with Crippen molar-refractivity contribution < 1.29 is 37.6 Å². The topological polar surface area (TPSA) is 137 Å². The average molecular weight is 747 g/mol. The summed E-state index contributed by atoms with van der Waals surface area (Å²) in [5.74, 6) is -0.849. The van der Waals surface area contributed by atoms with Crippen LogP contribution in [0.4, 0.5) is 0 Å². The summed E-state index contributed by atoms with van der Waals surface area (Å²) >= 11 is 0. The summed E-state index contributed by atoms with van der Waals surface area (Å²) in [5, 5.41) is 0. The van der Waals surface area contributed by atoms with Crippen LogP contribution in [0.25, 0.3) is 0 Å². The highest BCUT2D eigenvalue weighted by molar-refractivity contribution is 7.45. The van der Waals surface area contributed by atoms with E-state index in [0.29, 0.717) is 6.42 Å². The summed E-state index contributed by atoms with van der Waals surface area (Å²) in [6.07, 6.45) is 36.7. The smallest absolute Gasteiger partial charge is 0.306 e. The predicted octanol–water partition coefficient (Wildman–Crippen LogP) is 11.4. The van der Waals surface area contributed by atoms with E-state index in [2.05, 4.69) is 18.4 Å². The first-order valence-corrected chi connectivity index (χ1v) is 23.0. The van der Waals surface area contributed by atoms with Gasteiger partial charge in [0.25, 0.3) is 7.82 Å². The maximum Gasteiger partial charge on any atom is 0.306 e. The van der Waals surface area contributed by atoms with E-state index in [1.165, 1.54) is 154 Å². The van der Waals surface area contributed by atoms with Crippen LogP contribution in [0.15, 0.2) is 0 Å². The number of hydrogen-bond donors (Lipinski definition) is 1. The largest absolute Gasteiger partial charge is 0.756 e. The van der Waals surface area contributed by atoms with Gasteiger partial charge in [-0.05, 0) is 12.8 Å². The van der Waals surface area contributed by atoms with Gasteiger partial charge in [-0.15, -0.1) is 0 Å². The Morgan fingerprint density at radius 2 is 0.843 bits per heavy atom. The first-order chi connectivity index (χ1) is 24.8. The van der Waals surface area contributed by atoms with E-state index >= 15 is 0 Å². The van der Waals surface area contributed by atoms with Crippen molar-refractivity contribution in [1.29, 1.82) is 0 Å². The number of phosphoric acid groups is 1. The minimum absolute atomic E-state index is 0.0180. The first-order valence-electron chi connectivity index (χ1n) is 21.5. The average Bonchev–Trinajstić information content (AvgIpc) is 3.11. The van der Waals surface area contributed by atoms with Crippen molar-refractivity contribution in [2.75, 3.05) is 26.4 Å². The summed E-state index contributed by atoms with van der Waals surface area (Å²) in [5.41, 5.74) is 5.32. The Morgan fingerprint density at radius 1 is 0.510 bits per heavy atom. The van der Waals surface area contributed by atoms with Gasteiger partial charge < -0.3 is 29.1 Å². The van der Waals surface area contributed by atoms with Crippen LogP contribution >= 0.6 is 7.82 Å². The van der Waals surface area contributed by atoms with Crippen LogP contribution in [-0.4, -0.2) is 44.4 Å². The molecule has 0 aliphatic rings. The molecule has 0 aromatic carbocycles. The number of hydrogen-bond acceptors (Lipinski definition) is 9. The number of phosphoric ester groups is 1. The number of esters is 2. The van der Waals surface area contributed by atoms with Crippen LogP contribution in [0.2, 0.25) is 0 Å². The van der Waals surface area contributed by atoms with Crippen molar-refractivity contribution in [2.24, 2.45) is 5.73 Å². The molecule has 0 fully saturated rings. The van der Waals surface area contributed by atoms with Gasteiger partial charge in [-0.1, -0.05) is 194 Å². The normalized spacial score (nSPS) is 13.3. The summed E-state index contributed by atoms with van der Waals surface area (Å²) < 4.78 is 32.4. The number of nitrogens with two attached hydrogens (primary N) is 1. The van der Waals surface area contributed by atoms with E-state index in [0.717, 1.165) is 32.1 Å². The zero-order chi connectivity index (χ0) is 37.5. The van der Waals surface area contributed by atoms with Crippen molar-refractivity contribution >= 4 is 19.8 Å². The molecule has 0 aliphatic heterocycles. The SMILES string of the molecule is CCCCCCCCCCCCCCCCCC(=O)OC[C@H](COP(=O)([O-])OCCN)OC(=O)CCCCCCCCCCCCCCCCC. The fraction of sp³-hybridized carbons (Fsp3) is 0.951. The number of carbonyl (C=O) groups excluding carboxylic acids is 2. The molecule has 0 aromatic rings. The highest BCUT2D eigenvalue weighted by Crippen LogP contribution is 2.38. The van der Waals surface area contributed by atoms with Crippen molar-refractivity contribution in [3.05, 3.63) is 0 Å². The molecule has 0 bridgehead atoms. The van der Waals surface area contributed by atoms with Gasteiger partial charge in [0.05, 0.1) is 13.2 Å². The number of carbonyl (C=O) groups is 2. The molecule has 0 amide bonds. The van der Waals surface area contributed by atoms with Gasteiger partial charge in [0, 0.05) is 19.4 Å². The highest BCUT2D eigenvalue weighted by Gasteiger charge is 2.21. The molecule has 51 heavy (non-hydrogen) atoms. The molecule has 0 radical (unpaired) electrons. The van der Waals surface area contributed by atoms with E-state index in [1.54, 1.807) is 0 Å². The summed E-state index contributed by atoms with van der Waals surface area (Å²) in [4.78, 5) is 36.9. The molecule has 0 spiro atoms. The minimum atomic E-state index is -4.62. The zero-order valence-electron chi connectivity index (χ0n) is 33.3. The van der Waals surface area contributed by atoms with Gasteiger partial charge in [-0.25, -0.2) is 0 Å². The highest BCUT2D eigenvalue weighted by atomic mass is 31.2. The molecule has 304 valence electrons. The quantitative estimate of drug-likeness (QED) is 0.0368. The monoisotopic (exact) mass is 747 g/mol. The van der Waals surface area contributed by atoms with Gasteiger partial charge in [0.2, 0.25) is 0 Å². The molecular weight excluding hydrogens is 665 g/mol. The molecule has 0 rings (SSSR count). The van der Waals surface area contributed by atoms with Crippen LogP contribution in [0.3, 0.4) is 0 Å². The summed E-state index contributed by atoms with van der Waals surface area (Å²) in [6.45, 7) is 3.57. The lowest BCUT2D eigenvalue weighted by atomic mass is 10.0. The molecular formula is C41H81NO8P-. The molecule has 1 unspecified atom stereocenters. The molecule has 10 heteroatoms. The third kappa shape index (κ3) is 38.5. The summed E-state index contributed by atoms with van der Waals surface area (Å²) in [6, 6.07) is 0. The lowest BCUT2D eigenvalue weighted by molar-refractivity contribution is -0.228. The lowest BCUT2D eigenvalue weighted by Crippen LogP contribution is -2.30. The molecule has 0 heterocycles. The predicted molar refractivity (Wildman–Crippen MR) is 208 cm³/mol. The summed E-state index contributed by atoms with van der Waals surface area (Å²) in [7, 11) is -4.62. The standard InChI is InChI=1S/C41H82NO8P/c1-3-5-7-9-11-13-15-17-19-21-23-25-27-29-31-33-40(43)47-37-39(38-49-51(45,46)48-36-35-42)50-41(44)34-32-30-28-26-24-22-20-18-16-14-12-10-8-6-4-2/h39H,3-38,42H2,1-2H3,(H,45,46)/p-1/t39-/m1/s1. The molecule has 2 atom stereocenters. The van der Waals surface area contributed by atoms with Crippen molar-refractivity contribution in [3.8, 4) is 0 Å². The molecule has 0 saturated heterocycles.